The molecule has 2 N–H and O–H groups in total. The topological polar surface area (TPSA) is 75.8 Å². The number of benzene rings is 2. The lowest BCUT2D eigenvalue weighted by Crippen LogP contribution is -2.20. The molecule has 5 nitrogen and oxygen atoms in total. The molecule has 0 amide bonds. The lowest BCUT2D eigenvalue weighted by molar-refractivity contribution is 0.223. The number of halogens is 4. The summed E-state index contributed by atoms with van der Waals surface area (Å²) in [4.78, 5) is -0.164. The highest BCUT2D eigenvalue weighted by molar-refractivity contribution is 7.89. The second kappa shape index (κ2) is 6.69. The Morgan fingerprint density at radius 1 is 1.12 bits per heavy atom. The summed E-state index contributed by atoms with van der Waals surface area (Å²) < 4.78 is 76.1. The molecule has 0 radical (unpaired) electrons. The molecule has 0 saturated carbocycles. The van der Waals surface area contributed by atoms with E-state index in [1.807, 2.05) is 0 Å². The Hall–Kier alpha value is -2.46. The Kier molecular flexibility index (Phi) is 4.72. The van der Waals surface area contributed by atoms with Crippen LogP contribution in [0.15, 0.2) is 52.5 Å². The first-order valence-corrected chi connectivity index (χ1v) is 8.94. The van der Waals surface area contributed by atoms with Gasteiger partial charge in [-0.05, 0) is 30.3 Å². The third-order valence-electron chi connectivity index (χ3n) is 3.94. The van der Waals surface area contributed by atoms with Crippen LogP contribution in [0.2, 0.25) is 0 Å². The van der Waals surface area contributed by atoms with Crippen LogP contribution < -0.4 is 10.1 Å². The first-order valence-electron chi connectivity index (χ1n) is 7.39. The van der Waals surface area contributed by atoms with Gasteiger partial charge in [0.05, 0.1) is 16.6 Å². The van der Waals surface area contributed by atoms with Gasteiger partial charge in [-0.1, -0.05) is 6.07 Å². The van der Waals surface area contributed by atoms with Gasteiger partial charge < -0.3 is 0 Å². The predicted molar refractivity (Wildman–Crippen MR) is 87.4 cm³/mol. The molecule has 138 valence electrons. The molecular formula is C16H13F4N3O2S. The normalized spacial score (nSPS) is 17.7. The average molecular weight is 387 g/mol. The number of hydrazone groups is 1. The summed E-state index contributed by atoms with van der Waals surface area (Å²) >= 11 is 0. The summed E-state index contributed by atoms with van der Waals surface area (Å²) in [6.45, 7) is 0. The number of nitrogens with zero attached hydrogens (tertiary/aromatic N) is 2. The Morgan fingerprint density at radius 3 is 2.31 bits per heavy atom. The molecule has 0 aromatic heterocycles. The average Bonchev–Trinajstić information content (AvgIpc) is 2.99. The lowest BCUT2D eigenvalue weighted by atomic mass is 10.0. The number of rotatable bonds is 4. The van der Waals surface area contributed by atoms with Gasteiger partial charge in [0.2, 0.25) is 10.0 Å². The van der Waals surface area contributed by atoms with Crippen LogP contribution in [0.5, 0.6) is 0 Å². The first-order chi connectivity index (χ1) is 12.2. The molecule has 1 atom stereocenters. The molecule has 1 aliphatic rings. The maximum Gasteiger partial charge on any atom is 0.278 e. The van der Waals surface area contributed by atoms with E-state index in [0.717, 1.165) is 11.1 Å². The number of anilines is 1. The monoisotopic (exact) mass is 387 g/mol. The van der Waals surface area contributed by atoms with Crippen molar-refractivity contribution in [3.8, 4) is 0 Å². The van der Waals surface area contributed by atoms with Crippen molar-refractivity contribution < 1.29 is 26.0 Å². The molecule has 2 aromatic carbocycles. The van der Waals surface area contributed by atoms with Crippen LogP contribution in [0.4, 0.5) is 23.2 Å². The predicted octanol–water partition coefficient (Wildman–Crippen LogP) is 3.18. The zero-order valence-corrected chi connectivity index (χ0v) is 13.9. The van der Waals surface area contributed by atoms with E-state index in [4.69, 9.17) is 5.14 Å². The highest BCUT2D eigenvalue weighted by Gasteiger charge is 2.34. The molecule has 0 saturated heterocycles. The summed E-state index contributed by atoms with van der Waals surface area (Å²) in [6.07, 6.45) is -3.09. The molecule has 3 rings (SSSR count). The SMILES string of the molecule is NS(=O)(=O)c1ccc(N2N=C(C(F)F)CC2c2ccc(F)cc2F)cc1. The van der Waals surface area contributed by atoms with Crippen LogP contribution in [0.1, 0.15) is 18.0 Å². The van der Waals surface area contributed by atoms with Gasteiger partial charge in [0.15, 0.2) is 0 Å². The smallest absolute Gasteiger partial charge is 0.257 e. The standard InChI is InChI=1S/C16H13F4N3O2S/c17-9-1-6-12(13(18)7-9)15-8-14(16(19)20)22-23(15)10-2-4-11(5-3-10)26(21,24)25/h1-7,15-16H,8H2,(H2,21,24,25). The molecule has 0 aliphatic carbocycles. The fourth-order valence-corrected chi connectivity index (χ4v) is 3.22. The van der Waals surface area contributed by atoms with Crippen LogP contribution in [0.3, 0.4) is 0 Å². The maximum absolute atomic E-state index is 14.1. The molecule has 2 aromatic rings. The second-order valence-corrected chi connectivity index (χ2v) is 7.22. The molecule has 1 heterocycles. The molecule has 1 unspecified atom stereocenters. The van der Waals surface area contributed by atoms with Gasteiger partial charge in [-0.2, -0.15) is 5.10 Å². The molecule has 0 fully saturated rings. The van der Waals surface area contributed by atoms with Crippen molar-refractivity contribution in [2.24, 2.45) is 10.2 Å². The van der Waals surface area contributed by atoms with E-state index >= 15 is 0 Å². The third kappa shape index (κ3) is 3.56. The van der Waals surface area contributed by atoms with E-state index < -0.39 is 39.8 Å². The van der Waals surface area contributed by atoms with Gasteiger partial charge in [-0.25, -0.2) is 31.1 Å². The van der Waals surface area contributed by atoms with Gasteiger partial charge in [-0.15, -0.1) is 0 Å². The number of sulfonamides is 1. The minimum atomic E-state index is -3.92. The van der Waals surface area contributed by atoms with Crippen LogP contribution in [0, 0.1) is 11.6 Å². The van der Waals surface area contributed by atoms with Gasteiger partial charge in [0.1, 0.15) is 17.3 Å². The number of primary sulfonamides is 1. The van der Waals surface area contributed by atoms with Crippen molar-refractivity contribution in [1.82, 2.24) is 0 Å². The van der Waals surface area contributed by atoms with Gasteiger partial charge >= 0.3 is 0 Å². The van der Waals surface area contributed by atoms with Gasteiger partial charge in [0.25, 0.3) is 6.43 Å². The summed E-state index contributed by atoms with van der Waals surface area (Å²) in [7, 11) is -3.92. The van der Waals surface area contributed by atoms with Crippen molar-refractivity contribution in [3.05, 3.63) is 59.7 Å². The number of alkyl halides is 2. The molecule has 10 heteroatoms. The Balaban J connectivity index is 2.02. The van der Waals surface area contributed by atoms with Crippen molar-refractivity contribution in [2.45, 2.75) is 23.8 Å². The Labute approximate surface area is 146 Å². The van der Waals surface area contributed by atoms with Crippen LogP contribution in [-0.2, 0) is 10.0 Å². The zero-order valence-electron chi connectivity index (χ0n) is 13.1. The number of hydrogen-bond acceptors (Lipinski definition) is 4. The van der Waals surface area contributed by atoms with E-state index in [1.165, 1.54) is 30.3 Å². The number of nitrogens with two attached hydrogens (primary N) is 1. The van der Waals surface area contributed by atoms with Crippen molar-refractivity contribution in [1.29, 1.82) is 0 Å². The largest absolute Gasteiger partial charge is 0.278 e. The van der Waals surface area contributed by atoms with Crippen molar-refractivity contribution in [2.75, 3.05) is 5.01 Å². The highest BCUT2D eigenvalue weighted by Crippen LogP contribution is 2.37. The van der Waals surface area contributed by atoms with E-state index in [1.54, 1.807) is 0 Å². The van der Waals surface area contributed by atoms with Crippen LogP contribution in [-0.4, -0.2) is 20.6 Å². The molecule has 1 aliphatic heterocycles. The molecule has 0 bridgehead atoms. The summed E-state index contributed by atoms with van der Waals surface area (Å²) in [6, 6.07) is 6.99. The fourth-order valence-electron chi connectivity index (χ4n) is 2.71. The maximum atomic E-state index is 14.1. The molecular weight excluding hydrogens is 374 g/mol. The second-order valence-electron chi connectivity index (χ2n) is 5.66. The van der Waals surface area contributed by atoms with E-state index in [2.05, 4.69) is 5.10 Å². The molecule has 0 spiro atoms. The zero-order chi connectivity index (χ0) is 19.1. The van der Waals surface area contributed by atoms with E-state index in [0.29, 0.717) is 6.07 Å². The number of hydrogen-bond donors (Lipinski definition) is 1. The van der Waals surface area contributed by atoms with Gasteiger partial charge in [-0.3, -0.25) is 5.01 Å². The van der Waals surface area contributed by atoms with Crippen LogP contribution >= 0.6 is 0 Å². The first kappa shape index (κ1) is 18.3. The third-order valence-corrected chi connectivity index (χ3v) is 4.87. The summed E-state index contributed by atoms with van der Waals surface area (Å²) in [5.74, 6) is -1.67. The van der Waals surface area contributed by atoms with E-state index in [-0.39, 0.29) is 22.6 Å². The Bertz CT molecular complexity index is 962. The lowest BCUT2D eigenvalue weighted by Gasteiger charge is -2.24. The Morgan fingerprint density at radius 2 is 1.77 bits per heavy atom. The minimum Gasteiger partial charge on any atom is -0.257 e. The quantitative estimate of drug-likeness (QED) is 0.819. The van der Waals surface area contributed by atoms with Crippen molar-refractivity contribution >= 4 is 21.4 Å². The highest BCUT2D eigenvalue weighted by atomic mass is 32.2. The minimum absolute atomic E-state index is 0.00122. The van der Waals surface area contributed by atoms with Crippen molar-refractivity contribution in [3.63, 3.8) is 0 Å². The van der Waals surface area contributed by atoms with E-state index in [9.17, 15) is 26.0 Å². The fraction of sp³-hybridized carbons (Fsp3) is 0.188. The molecule has 26 heavy (non-hydrogen) atoms. The van der Waals surface area contributed by atoms with Gasteiger partial charge in [0, 0.05) is 18.1 Å². The summed E-state index contributed by atoms with van der Waals surface area (Å²) in [5, 5.41) is 10.0. The summed E-state index contributed by atoms with van der Waals surface area (Å²) in [5.41, 5.74) is -0.183. The van der Waals surface area contributed by atoms with Crippen LogP contribution in [0.25, 0.3) is 0 Å².